The third kappa shape index (κ3) is 5.49. The molecule has 1 fully saturated rings. The predicted molar refractivity (Wildman–Crippen MR) is 264 cm³/mol. The number of hydrogen-bond donors (Lipinski definition) is 3. The van der Waals surface area contributed by atoms with E-state index in [4.69, 9.17) is 8.83 Å². The zero-order chi connectivity index (χ0) is 41.9. The molecule has 1 saturated heterocycles. The van der Waals surface area contributed by atoms with Gasteiger partial charge in [-0.15, -0.1) is 11.3 Å². The van der Waals surface area contributed by atoms with Gasteiger partial charge in [0, 0.05) is 53.5 Å². The molecule has 3 N–H and O–H groups in total. The molecule has 0 spiro atoms. The Balaban J connectivity index is 0.883. The lowest BCUT2D eigenvalue weighted by atomic mass is 9.97. The third-order valence-corrected chi connectivity index (χ3v) is 14.5. The number of rotatable bonds is 5. The quantitative estimate of drug-likeness (QED) is 0.161. The highest BCUT2D eigenvalue weighted by Gasteiger charge is 2.30. The molecule has 4 aromatic heterocycles. The first kappa shape index (κ1) is 36.0. The van der Waals surface area contributed by atoms with Gasteiger partial charge in [0.25, 0.3) is 0 Å². The summed E-state index contributed by atoms with van der Waals surface area (Å²) in [5, 5.41) is 20.9. The molecule has 5 heterocycles. The summed E-state index contributed by atoms with van der Waals surface area (Å²) in [7, 11) is 0. The molecule has 13 aromatic rings. The minimum absolute atomic E-state index is 0.0519. The minimum Gasteiger partial charge on any atom is -0.456 e. The maximum Gasteiger partial charge on any atom is 0.136 e. The summed E-state index contributed by atoms with van der Waals surface area (Å²) in [6.45, 7) is 0. The van der Waals surface area contributed by atoms with Crippen molar-refractivity contribution in [2.45, 2.75) is 18.5 Å². The fraction of sp³-hybridized carbons (Fsp3) is 0.0526. The molecule has 0 amide bonds. The molecule has 0 bridgehead atoms. The first-order chi connectivity index (χ1) is 31.7. The van der Waals surface area contributed by atoms with E-state index in [9.17, 15) is 0 Å². The molecular weight excluding hydrogens is 805 g/mol. The van der Waals surface area contributed by atoms with E-state index in [0.717, 1.165) is 66.3 Å². The average molecular weight is 843 g/mol. The average Bonchev–Trinajstić information content (AvgIpc) is 4.12. The zero-order valence-electron chi connectivity index (χ0n) is 34.4. The molecule has 14 rings (SSSR count). The second-order valence-electron chi connectivity index (χ2n) is 16.9. The molecule has 9 aromatic carbocycles. The van der Waals surface area contributed by atoms with Gasteiger partial charge in [-0.25, -0.2) is 0 Å². The van der Waals surface area contributed by atoms with E-state index < -0.39 is 0 Å². The number of para-hydroxylation sites is 1. The molecule has 0 saturated carbocycles. The van der Waals surface area contributed by atoms with Gasteiger partial charge < -0.3 is 13.4 Å². The van der Waals surface area contributed by atoms with Crippen molar-refractivity contribution in [1.82, 2.24) is 20.5 Å². The highest BCUT2D eigenvalue weighted by Crippen LogP contribution is 2.45. The smallest absolute Gasteiger partial charge is 0.136 e. The second kappa shape index (κ2) is 14.0. The van der Waals surface area contributed by atoms with Crippen LogP contribution in [0, 0.1) is 0 Å². The van der Waals surface area contributed by atoms with Crippen molar-refractivity contribution in [3.8, 4) is 16.8 Å². The zero-order valence-corrected chi connectivity index (χ0v) is 35.2. The maximum atomic E-state index is 6.63. The van der Waals surface area contributed by atoms with Crippen molar-refractivity contribution in [3.63, 3.8) is 0 Å². The molecule has 2 unspecified atom stereocenters. The summed E-state index contributed by atoms with van der Waals surface area (Å²) in [6, 6.07) is 69.5. The molecular formula is C57H38N4O2S. The van der Waals surface area contributed by atoms with Gasteiger partial charge in [0.05, 0.1) is 34.2 Å². The van der Waals surface area contributed by atoms with Crippen molar-refractivity contribution in [2.75, 3.05) is 0 Å². The van der Waals surface area contributed by atoms with Crippen LogP contribution >= 0.6 is 11.3 Å². The Morgan fingerprint density at radius 2 is 1.06 bits per heavy atom. The van der Waals surface area contributed by atoms with Crippen LogP contribution in [0.5, 0.6) is 0 Å². The van der Waals surface area contributed by atoms with E-state index in [0.29, 0.717) is 0 Å². The number of hydrogen-bond acceptors (Lipinski definition) is 6. The monoisotopic (exact) mass is 842 g/mol. The largest absolute Gasteiger partial charge is 0.456 e. The van der Waals surface area contributed by atoms with Gasteiger partial charge in [0.2, 0.25) is 0 Å². The van der Waals surface area contributed by atoms with Gasteiger partial charge in [0.1, 0.15) is 22.3 Å². The summed E-state index contributed by atoms with van der Waals surface area (Å²) in [4.78, 5) is 0. The van der Waals surface area contributed by atoms with Crippen LogP contribution in [0.3, 0.4) is 0 Å². The fourth-order valence-corrected chi connectivity index (χ4v) is 11.6. The molecule has 7 heteroatoms. The number of thiophene rings is 1. The molecule has 64 heavy (non-hydrogen) atoms. The van der Waals surface area contributed by atoms with E-state index in [2.05, 4.69) is 215 Å². The minimum atomic E-state index is -0.125. The van der Waals surface area contributed by atoms with Crippen molar-refractivity contribution in [1.29, 1.82) is 0 Å². The first-order valence-electron chi connectivity index (χ1n) is 21.8. The SMILES string of the molecule is c1ccc(C2NC(c3ccccc3)NC(c3ccc4c(c3)oc3ccc(-c5cccc6oc7ccc(-n8c9ccccc9c9ccc%10c%11ccccc%11sc%10c98)cc7c56)cc34)N2)cc1. The number of aromatic nitrogens is 1. The van der Waals surface area contributed by atoms with Crippen LogP contribution < -0.4 is 16.0 Å². The third-order valence-electron chi connectivity index (χ3n) is 13.3. The summed E-state index contributed by atoms with van der Waals surface area (Å²) in [6.07, 6.45) is -0.229. The van der Waals surface area contributed by atoms with E-state index in [-0.39, 0.29) is 18.5 Å². The normalized spacial score (nSPS) is 17.0. The van der Waals surface area contributed by atoms with Crippen molar-refractivity contribution in [3.05, 3.63) is 211 Å². The Bertz CT molecular complexity index is 3930. The predicted octanol–water partition coefficient (Wildman–Crippen LogP) is 14.8. The van der Waals surface area contributed by atoms with Crippen LogP contribution in [-0.2, 0) is 0 Å². The lowest BCUT2D eigenvalue weighted by molar-refractivity contribution is 0.203. The molecule has 0 aliphatic carbocycles. The molecule has 304 valence electrons. The number of nitrogens with one attached hydrogen (secondary N) is 3. The molecule has 2 atom stereocenters. The van der Waals surface area contributed by atoms with Crippen LogP contribution in [0.25, 0.3) is 103 Å². The van der Waals surface area contributed by atoms with Gasteiger partial charge in [-0.3, -0.25) is 16.0 Å². The summed E-state index contributed by atoms with van der Waals surface area (Å²) in [5.41, 5.74) is 12.7. The summed E-state index contributed by atoms with van der Waals surface area (Å²) in [5.74, 6) is 0. The van der Waals surface area contributed by atoms with Crippen LogP contribution in [0.15, 0.2) is 203 Å². The Morgan fingerprint density at radius 3 is 1.88 bits per heavy atom. The van der Waals surface area contributed by atoms with Crippen molar-refractivity contribution < 1.29 is 8.83 Å². The highest BCUT2D eigenvalue weighted by molar-refractivity contribution is 7.26. The van der Waals surface area contributed by atoms with Gasteiger partial charge >= 0.3 is 0 Å². The number of fused-ring (bicyclic) bond motifs is 13. The Kier molecular flexibility index (Phi) is 7.87. The number of furan rings is 2. The van der Waals surface area contributed by atoms with Crippen molar-refractivity contribution >= 4 is 97.2 Å². The second-order valence-corrected chi connectivity index (χ2v) is 18.0. The number of nitrogens with zero attached hydrogens (tertiary/aromatic N) is 1. The van der Waals surface area contributed by atoms with Gasteiger partial charge in [0.15, 0.2) is 0 Å². The lowest BCUT2D eigenvalue weighted by Crippen LogP contribution is -2.54. The summed E-state index contributed by atoms with van der Waals surface area (Å²) >= 11 is 1.88. The Morgan fingerprint density at radius 1 is 0.406 bits per heavy atom. The van der Waals surface area contributed by atoms with Crippen LogP contribution in [0.4, 0.5) is 0 Å². The van der Waals surface area contributed by atoms with E-state index in [1.807, 2.05) is 11.3 Å². The topological polar surface area (TPSA) is 67.3 Å². The molecule has 1 aliphatic rings. The first-order valence-corrected chi connectivity index (χ1v) is 22.7. The Labute approximate surface area is 370 Å². The highest BCUT2D eigenvalue weighted by atomic mass is 32.1. The fourth-order valence-electron chi connectivity index (χ4n) is 10.3. The van der Waals surface area contributed by atoms with Crippen molar-refractivity contribution in [2.24, 2.45) is 0 Å². The van der Waals surface area contributed by atoms with E-state index in [1.54, 1.807) is 0 Å². The van der Waals surface area contributed by atoms with Crippen LogP contribution in [0.1, 0.15) is 35.2 Å². The standard InChI is InChI=1S/C57H38N4O2S/c1-3-12-33(13-4-1)55-58-56(34-14-5-2-6-15-34)60-57(59-55)36-22-25-40-44-30-35(23-28-47(44)63-50(40)31-36)38-18-11-20-49-52(38)45-32-37(24-29-48(45)62-49)61-46-19-9-7-16-39(46)42-26-27-43-41-17-8-10-21-51(41)64-54(43)53(42)61/h1-32,55-60H. The molecule has 1 aliphatic heterocycles. The summed E-state index contributed by atoms with van der Waals surface area (Å²) < 4.78 is 18.3. The van der Waals surface area contributed by atoms with Gasteiger partial charge in [-0.1, -0.05) is 140 Å². The van der Waals surface area contributed by atoms with E-state index in [1.165, 1.54) is 53.1 Å². The van der Waals surface area contributed by atoms with Gasteiger partial charge in [-0.05, 0) is 82.4 Å². The van der Waals surface area contributed by atoms with Gasteiger partial charge in [-0.2, -0.15) is 0 Å². The van der Waals surface area contributed by atoms with Crippen LogP contribution in [0.2, 0.25) is 0 Å². The maximum absolute atomic E-state index is 6.63. The van der Waals surface area contributed by atoms with E-state index >= 15 is 0 Å². The molecule has 0 radical (unpaired) electrons. The lowest BCUT2D eigenvalue weighted by Gasteiger charge is -2.39. The Hall–Kier alpha value is -7.52. The van der Waals surface area contributed by atoms with Crippen LogP contribution in [-0.4, -0.2) is 4.57 Å². The number of benzene rings is 9. The molecule has 6 nitrogen and oxygen atoms in total.